The van der Waals surface area contributed by atoms with Gasteiger partial charge in [0.1, 0.15) is 5.82 Å². The van der Waals surface area contributed by atoms with Gasteiger partial charge in [-0.05, 0) is 55.3 Å². The molecule has 1 atom stereocenters. The van der Waals surface area contributed by atoms with Crippen LogP contribution in [0, 0.1) is 11.7 Å². The van der Waals surface area contributed by atoms with Gasteiger partial charge in [0.25, 0.3) is 5.91 Å². The predicted octanol–water partition coefficient (Wildman–Crippen LogP) is 3.97. The smallest absolute Gasteiger partial charge is 0.253 e. The van der Waals surface area contributed by atoms with E-state index in [-0.39, 0.29) is 23.5 Å². The van der Waals surface area contributed by atoms with Gasteiger partial charge in [-0.1, -0.05) is 17.7 Å². The first-order valence-electron chi connectivity index (χ1n) is 8.14. The molecule has 25 heavy (non-hydrogen) atoms. The average molecular weight is 361 g/mol. The molecule has 0 bridgehead atoms. The summed E-state index contributed by atoms with van der Waals surface area (Å²) in [6, 6.07) is 12.4. The highest BCUT2D eigenvalue weighted by atomic mass is 35.5. The highest BCUT2D eigenvalue weighted by molar-refractivity contribution is 6.30. The third-order valence-corrected chi connectivity index (χ3v) is 4.50. The minimum Gasteiger partial charge on any atom is -0.338 e. The van der Waals surface area contributed by atoms with Crippen molar-refractivity contribution in [1.82, 2.24) is 4.90 Å². The Morgan fingerprint density at radius 2 is 1.92 bits per heavy atom. The second-order valence-corrected chi connectivity index (χ2v) is 6.53. The molecule has 0 saturated carbocycles. The summed E-state index contributed by atoms with van der Waals surface area (Å²) in [6.45, 7) is 0.944. The fraction of sp³-hybridized carbons (Fsp3) is 0.263. The van der Waals surface area contributed by atoms with Crippen molar-refractivity contribution >= 4 is 29.1 Å². The fourth-order valence-corrected chi connectivity index (χ4v) is 3.15. The number of nitrogens with one attached hydrogen (secondary N) is 1. The standard InChI is InChI=1S/C19H18ClFN2O2/c20-15-4-1-5-17(11-15)22-18(24)14-3-2-10-23(12-14)19(25)13-6-8-16(21)9-7-13/h1,4-9,11,14H,2-3,10,12H2,(H,22,24). The van der Waals surface area contributed by atoms with E-state index < -0.39 is 0 Å². The van der Waals surface area contributed by atoms with E-state index in [1.54, 1.807) is 29.2 Å². The lowest BCUT2D eigenvalue weighted by atomic mass is 9.96. The van der Waals surface area contributed by atoms with E-state index in [2.05, 4.69) is 5.32 Å². The molecule has 1 N–H and O–H groups in total. The molecular formula is C19H18ClFN2O2. The molecule has 1 heterocycles. The molecule has 1 aliphatic rings. The van der Waals surface area contributed by atoms with E-state index in [0.717, 1.165) is 12.8 Å². The normalized spacial score (nSPS) is 17.2. The van der Waals surface area contributed by atoms with Crippen molar-refractivity contribution in [2.75, 3.05) is 18.4 Å². The lowest BCUT2D eigenvalue weighted by Crippen LogP contribution is -2.43. The van der Waals surface area contributed by atoms with Crippen LogP contribution in [-0.4, -0.2) is 29.8 Å². The number of hydrogen-bond donors (Lipinski definition) is 1. The molecule has 130 valence electrons. The molecule has 2 aromatic rings. The Morgan fingerprint density at radius 3 is 2.64 bits per heavy atom. The zero-order valence-electron chi connectivity index (χ0n) is 13.5. The maximum atomic E-state index is 13.0. The summed E-state index contributed by atoms with van der Waals surface area (Å²) >= 11 is 5.93. The van der Waals surface area contributed by atoms with Crippen molar-refractivity contribution in [3.8, 4) is 0 Å². The Labute approximate surface area is 150 Å². The van der Waals surface area contributed by atoms with E-state index in [4.69, 9.17) is 11.6 Å². The molecule has 1 saturated heterocycles. The van der Waals surface area contributed by atoms with Gasteiger partial charge >= 0.3 is 0 Å². The molecule has 1 aliphatic heterocycles. The van der Waals surface area contributed by atoms with Gasteiger partial charge in [0.2, 0.25) is 5.91 Å². The molecule has 1 fully saturated rings. The van der Waals surface area contributed by atoms with Crippen LogP contribution in [0.1, 0.15) is 23.2 Å². The van der Waals surface area contributed by atoms with Crippen LogP contribution in [0.5, 0.6) is 0 Å². The first kappa shape index (κ1) is 17.4. The SMILES string of the molecule is O=C(Nc1cccc(Cl)c1)C1CCCN(C(=O)c2ccc(F)cc2)C1. The van der Waals surface area contributed by atoms with Crippen LogP contribution < -0.4 is 5.32 Å². The van der Waals surface area contributed by atoms with Crippen LogP contribution in [0.15, 0.2) is 48.5 Å². The molecule has 6 heteroatoms. The largest absolute Gasteiger partial charge is 0.338 e. The highest BCUT2D eigenvalue weighted by Crippen LogP contribution is 2.22. The van der Waals surface area contributed by atoms with E-state index in [9.17, 15) is 14.0 Å². The number of nitrogens with zero attached hydrogens (tertiary/aromatic N) is 1. The maximum Gasteiger partial charge on any atom is 0.253 e. The van der Waals surface area contributed by atoms with Crippen molar-refractivity contribution in [1.29, 1.82) is 0 Å². The topological polar surface area (TPSA) is 49.4 Å². The number of hydrogen-bond acceptors (Lipinski definition) is 2. The van der Waals surface area contributed by atoms with Crippen LogP contribution in [0.4, 0.5) is 10.1 Å². The first-order chi connectivity index (χ1) is 12.0. The van der Waals surface area contributed by atoms with Crippen molar-refractivity contribution < 1.29 is 14.0 Å². The zero-order chi connectivity index (χ0) is 17.8. The third kappa shape index (κ3) is 4.37. The van der Waals surface area contributed by atoms with Crippen LogP contribution >= 0.6 is 11.6 Å². The number of likely N-dealkylation sites (tertiary alicyclic amines) is 1. The van der Waals surface area contributed by atoms with Gasteiger partial charge in [0, 0.05) is 29.4 Å². The third-order valence-electron chi connectivity index (χ3n) is 4.26. The van der Waals surface area contributed by atoms with Crippen molar-refractivity contribution in [3.63, 3.8) is 0 Å². The molecule has 0 aliphatic carbocycles. The number of carbonyl (C=O) groups is 2. The second kappa shape index (κ2) is 7.66. The van der Waals surface area contributed by atoms with Gasteiger partial charge < -0.3 is 10.2 Å². The van der Waals surface area contributed by atoms with Crippen LogP contribution in [-0.2, 0) is 4.79 Å². The van der Waals surface area contributed by atoms with Crippen LogP contribution in [0.3, 0.4) is 0 Å². The number of amides is 2. The summed E-state index contributed by atoms with van der Waals surface area (Å²) in [5, 5.41) is 3.40. The van der Waals surface area contributed by atoms with E-state index in [1.165, 1.54) is 24.3 Å². The Hall–Kier alpha value is -2.40. The number of piperidine rings is 1. The molecule has 3 rings (SSSR count). The van der Waals surface area contributed by atoms with Crippen molar-refractivity contribution in [2.24, 2.45) is 5.92 Å². The Balaban J connectivity index is 1.65. The lowest BCUT2D eigenvalue weighted by molar-refractivity contribution is -0.121. The quantitative estimate of drug-likeness (QED) is 0.900. The van der Waals surface area contributed by atoms with Crippen LogP contribution in [0.2, 0.25) is 5.02 Å². The molecule has 2 amide bonds. The summed E-state index contributed by atoms with van der Waals surface area (Å²) in [4.78, 5) is 26.7. The predicted molar refractivity (Wildman–Crippen MR) is 95.1 cm³/mol. The Kier molecular flexibility index (Phi) is 5.34. The summed E-state index contributed by atoms with van der Waals surface area (Å²) in [5.41, 5.74) is 1.07. The Bertz CT molecular complexity index is 779. The number of halogens is 2. The Morgan fingerprint density at radius 1 is 1.16 bits per heavy atom. The van der Waals surface area contributed by atoms with Gasteiger partial charge in [-0.2, -0.15) is 0 Å². The minimum atomic E-state index is -0.381. The van der Waals surface area contributed by atoms with E-state index >= 15 is 0 Å². The molecule has 0 radical (unpaired) electrons. The summed E-state index contributed by atoms with van der Waals surface area (Å²) < 4.78 is 13.0. The summed E-state index contributed by atoms with van der Waals surface area (Å²) in [5.74, 6) is -0.967. The molecule has 2 aromatic carbocycles. The summed E-state index contributed by atoms with van der Waals surface area (Å²) in [7, 11) is 0. The van der Waals surface area contributed by atoms with Gasteiger partial charge in [-0.25, -0.2) is 4.39 Å². The number of benzene rings is 2. The molecular weight excluding hydrogens is 343 g/mol. The molecule has 4 nitrogen and oxygen atoms in total. The number of rotatable bonds is 3. The van der Waals surface area contributed by atoms with Gasteiger partial charge in [0.15, 0.2) is 0 Å². The zero-order valence-corrected chi connectivity index (χ0v) is 14.3. The second-order valence-electron chi connectivity index (χ2n) is 6.10. The van der Waals surface area contributed by atoms with E-state index in [1.807, 2.05) is 0 Å². The maximum absolute atomic E-state index is 13.0. The van der Waals surface area contributed by atoms with Crippen molar-refractivity contribution in [2.45, 2.75) is 12.8 Å². The fourth-order valence-electron chi connectivity index (χ4n) is 2.96. The number of carbonyl (C=O) groups excluding carboxylic acids is 2. The molecule has 0 spiro atoms. The lowest BCUT2D eigenvalue weighted by Gasteiger charge is -2.32. The molecule has 1 unspecified atom stereocenters. The summed E-state index contributed by atoms with van der Waals surface area (Å²) in [6.07, 6.45) is 1.47. The highest BCUT2D eigenvalue weighted by Gasteiger charge is 2.29. The van der Waals surface area contributed by atoms with Gasteiger partial charge in [0.05, 0.1) is 5.92 Å². The van der Waals surface area contributed by atoms with Crippen molar-refractivity contribution in [3.05, 3.63) is 64.9 Å². The number of anilines is 1. The van der Waals surface area contributed by atoms with Gasteiger partial charge in [-0.3, -0.25) is 9.59 Å². The monoisotopic (exact) mass is 360 g/mol. The first-order valence-corrected chi connectivity index (χ1v) is 8.52. The van der Waals surface area contributed by atoms with Gasteiger partial charge in [-0.15, -0.1) is 0 Å². The van der Waals surface area contributed by atoms with E-state index in [0.29, 0.717) is 29.4 Å². The minimum absolute atomic E-state index is 0.126. The van der Waals surface area contributed by atoms with Crippen LogP contribution in [0.25, 0.3) is 0 Å². The average Bonchev–Trinajstić information content (AvgIpc) is 2.62. The molecule has 0 aromatic heterocycles.